The lowest BCUT2D eigenvalue weighted by atomic mass is 9.73. The van der Waals surface area contributed by atoms with Crippen molar-refractivity contribution < 1.29 is 4.79 Å². The number of amides is 2. The van der Waals surface area contributed by atoms with Gasteiger partial charge in [-0.25, -0.2) is 4.79 Å². The molecule has 0 bridgehead atoms. The molecule has 2 aromatic rings. The Kier molecular flexibility index (Phi) is 3.10. The summed E-state index contributed by atoms with van der Waals surface area (Å²) in [5.74, 6) is 3.17. The third-order valence-corrected chi connectivity index (χ3v) is 5.34. The molecule has 1 fully saturated rings. The van der Waals surface area contributed by atoms with Crippen LogP contribution in [-0.2, 0) is 6.42 Å². The van der Waals surface area contributed by atoms with Crippen LogP contribution in [0.25, 0.3) is 10.9 Å². The summed E-state index contributed by atoms with van der Waals surface area (Å²) in [5, 5.41) is 4.15. The van der Waals surface area contributed by atoms with Gasteiger partial charge in [0.1, 0.15) is 0 Å². The predicted molar refractivity (Wildman–Crippen MR) is 90.2 cm³/mol. The Morgan fingerprint density at radius 3 is 3.09 bits per heavy atom. The summed E-state index contributed by atoms with van der Waals surface area (Å²) >= 11 is 0. The van der Waals surface area contributed by atoms with Crippen molar-refractivity contribution >= 4 is 16.9 Å². The SMILES string of the molecule is C#Cc1[nH]c2cccc3c2c1C[C@@H]1C3C[C@H](NC(N)=O)CN1C. The lowest BCUT2D eigenvalue weighted by molar-refractivity contribution is 0.130. The molecule has 2 heterocycles. The average Bonchev–Trinajstić information content (AvgIpc) is 2.87. The number of likely N-dealkylation sites (N-methyl/N-ethyl adjacent to an activating group) is 1. The average molecular weight is 308 g/mol. The van der Waals surface area contributed by atoms with Crippen molar-refractivity contribution in [3.8, 4) is 12.3 Å². The second-order valence-corrected chi connectivity index (χ2v) is 6.65. The van der Waals surface area contributed by atoms with Crippen molar-refractivity contribution in [2.24, 2.45) is 5.73 Å². The molecule has 1 aliphatic heterocycles. The maximum atomic E-state index is 11.2. The number of H-pyrrole nitrogens is 1. The van der Waals surface area contributed by atoms with Gasteiger partial charge in [-0.1, -0.05) is 18.1 Å². The number of likely N-dealkylation sites (tertiary alicyclic amines) is 1. The largest absolute Gasteiger partial charge is 0.352 e. The number of carbonyl (C=O) groups is 1. The van der Waals surface area contributed by atoms with Crippen molar-refractivity contribution in [2.45, 2.75) is 30.8 Å². The molecule has 1 unspecified atom stereocenters. The van der Waals surface area contributed by atoms with Crippen LogP contribution in [0.1, 0.15) is 29.2 Å². The summed E-state index contributed by atoms with van der Waals surface area (Å²) in [6.07, 6.45) is 7.54. The van der Waals surface area contributed by atoms with Gasteiger partial charge in [0.05, 0.1) is 5.69 Å². The topological polar surface area (TPSA) is 74.1 Å². The van der Waals surface area contributed by atoms with Crippen LogP contribution in [0.3, 0.4) is 0 Å². The Morgan fingerprint density at radius 1 is 1.52 bits per heavy atom. The highest BCUT2D eigenvalue weighted by atomic mass is 16.2. The van der Waals surface area contributed by atoms with Crippen molar-refractivity contribution in [3.05, 3.63) is 35.0 Å². The van der Waals surface area contributed by atoms with Gasteiger partial charge in [0.25, 0.3) is 0 Å². The summed E-state index contributed by atoms with van der Waals surface area (Å²) in [6, 6.07) is 6.38. The summed E-state index contributed by atoms with van der Waals surface area (Å²) in [4.78, 5) is 16.9. The van der Waals surface area contributed by atoms with E-state index in [0.29, 0.717) is 12.0 Å². The highest BCUT2D eigenvalue weighted by Gasteiger charge is 2.40. The Hall–Kier alpha value is -2.45. The van der Waals surface area contributed by atoms with Gasteiger partial charge in [-0.3, -0.25) is 0 Å². The number of hydrogen-bond donors (Lipinski definition) is 3. The second kappa shape index (κ2) is 5.04. The first-order valence-electron chi connectivity index (χ1n) is 7.94. The minimum absolute atomic E-state index is 0.0848. The first-order valence-corrected chi connectivity index (χ1v) is 7.94. The molecule has 1 saturated heterocycles. The number of nitrogens with two attached hydrogens (primary N) is 1. The van der Waals surface area contributed by atoms with Crippen molar-refractivity contribution in [3.63, 3.8) is 0 Å². The number of terminal acetylenes is 1. The van der Waals surface area contributed by atoms with Crippen LogP contribution in [-0.4, -0.2) is 41.6 Å². The summed E-state index contributed by atoms with van der Waals surface area (Å²) in [5.41, 5.74) is 9.91. The molecule has 1 aliphatic carbocycles. The van der Waals surface area contributed by atoms with Crippen LogP contribution >= 0.6 is 0 Å². The van der Waals surface area contributed by atoms with Gasteiger partial charge >= 0.3 is 6.03 Å². The monoisotopic (exact) mass is 308 g/mol. The van der Waals surface area contributed by atoms with Crippen molar-refractivity contribution in [1.29, 1.82) is 0 Å². The van der Waals surface area contributed by atoms with Gasteiger partial charge in [-0.2, -0.15) is 0 Å². The summed E-state index contributed by atoms with van der Waals surface area (Å²) < 4.78 is 0. The number of fused-ring (bicyclic) bond motifs is 2. The molecule has 5 nitrogen and oxygen atoms in total. The number of benzene rings is 1. The Bertz CT molecular complexity index is 831. The first kappa shape index (κ1) is 14.2. The van der Waals surface area contributed by atoms with E-state index in [0.717, 1.165) is 30.6 Å². The number of urea groups is 1. The molecular weight excluding hydrogens is 288 g/mol. The molecule has 118 valence electrons. The van der Waals surface area contributed by atoms with Crippen molar-refractivity contribution in [1.82, 2.24) is 15.2 Å². The molecule has 4 rings (SSSR count). The maximum Gasteiger partial charge on any atom is 0.312 e. The number of piperidine rings is 1. The molecule has 0 spiro atoms. The van der Waals surface area contributed by atoms with Gasteiger partial charge in [-0.05, 0) is 37.1 Å². The second-order valence-electron chi connectivity index (χ2n) is 6.65. The number of aromatic nitrogens is 1. The molecule has 4 N–H and O–H groups in total. The van der Waals surface area contributed by atoms with Crippen LogP contribution in [0.15, 0.2) is 18.2 Å². The number of nitrogens with one attached hydrogen (secondary N) is 2. The van der Waals surface area contributed by atoms with Crippen LogP contribution in [0.4, 0.5) is 4.79 Å². The first-order chi connectivity index (χ1) is 11.1. The number of carbonyl (C=O) groups excluding carboxylic acids is 1. The van der Waals surface area contributed by atoms with Gasteiger partial charge < -0.3 is 20.9 Å². The highest BCUT2D eigenvalue weighted by Crippen LogP contribution is 2.43. The molecule has 1 aromatic heterocycles. The third-order valence-electron chi connectivity index (χ3n) is 5.34. The van der Waals surface area contributed by atoms with E-state index in [1.807, 2.05) is 0 Å². The zero-order valence-corrected chi connectivity index (χ0v) is 13.1. The molecule has 3 atom stereocenters. The van der Waals surface area contributed by atoms with E-state index in [2.05, 4.69) is 46.4 Å². The number of nitrogens with zero attached hydrogens (tertiary/aromatic N) is 1. The molecule has 2 aliphatic rings. The normalized spacial score (nSPS) is 26.5. The maximum absolute atomic E-state index is 11.2. The molecule has 0 radical (unpaired) electrons. The Balaban J connectivity index is 1.82. The fraction of sp³-hybridized carbons (Fsp3) is 0.389. The molecular formula is C18H20N4O. The standard InChI is InChI=1S/C18H20N4O/c1-3-14-13-8-16-12(7-10(9-22(16)2)20-18(19)23)11-5-4-6-15(21-14)17(11)13/h1,4-6,10,12,16,21H,7-9H2,2H3,(H3,19,20,23)/t10-,12?,16+/m0/s1. The molecule has 5 heteroatoms. The number of primary amides is 1. The predicted octanol–water partition coefficient (Wildman–Crippen LogP) is 1.53. The number of aromatic amines is 1. The highest BCUT2D eigenvalue weighted by molar-refractivity contribution is 5.90. The molecule has 1 aromatic carbocycles. The smallest absolute Gasteiger partial charge is 0.312 e. The van der Waals surface area contributed by atoms with E-state index in [1.165, 1.54) is 16.5 Å². The molecule has 2 amide bonds. The lowest BCUT2D eigenvalue weighted by Crippen LogP contribution is -2.55. The molecule has 23 heavy (non-hydrogen) atoms. The fourth-order valence-electron chi connectivity index (χ4n) is 4.46. The zero-order valence-electron chi connectivity index (χ0n) is 13.1. The van der Waals surface area contributed by atoms with Crippen LogP contribution in [0.2, 0.25) is 0 Å². The van der Waals surface area contributed by atoms with Crippen molar-refractivity contribution in [2.75, 3.05) is 13.6 Å². The quantitative estimate of drug-likeness (QED) is 0.699. The Labute approximate surface area is 135 Å². The third kappa shape index (κ3) is 2.10. The van der Waals surface area contributed by atoms with E-state index in [9.17, 15) is 4.79 Å². The van der Waals surface area contributed by atoms with Gasteiger partial charge in [-0.15, -0.1) is 6.42 Å². The summed E-state index contributed by atoms with van der Waals surface area (Å²) in [6.45, 7) is 0.811. The van der Waals surface area contributed by atoms with E-state index < -0.39 is 6.03 Å². The van der Waals surface area contributed by atoms with E-state index >= 15 is 0 Å². The van der Waals surface area contributed by atoms with Gasteiger partial charge in [0, 0.05) is 35.4 Å². The van der Waals surface area contributed by atoms with Crippen LogP contribution in [0, 0.1) is 12.3 Å². The number of hydrogen-bond acceptors (Lipinski definition) is 2. The van der Waals surface area contributed by atoms with E-state index in [-0.39, 0.29) is 6.04 Å². The lowest BCUT2D eigenvalue weighted by Gasteiger charge is -2.45. The fourth-order valence-corrected chi connectivity index (χ4v) is 4.46. The number of rotatable bonds is 1. The van der Waals surface area contributed by atoms with E-state index in [4.69, 9.17) is 12.2 Å². The Morgan fingerprint density at radius 2 is 2.35 bits per heavy atom. The van der Waals surface area contributed by atoms with E-state index in [1.54, 1.807) is 0 Å². The van der Waals surface area contributed by atoms with Gasteiger partial charge in [0.15, 0.2) is 0 Å². The molecule has 0 saturated carbocycles. The van der Waals surface area contributed by atoms with Crippen LogP contribution < -0.4 is 11.1 Å². The summed E-state index contributed by atoms with van der Waals surface area (Å²) in [7, 11) is 2.11. The van der Waals surface area contributed by atoms with Crippen LogP contribution in [0.5, 0.6) is 0 Å². The minimum Gasteiger partial charge on any atom is -0.352 e. The zero-order chi connectivity index (χ0) is 16.1. The minimum atomic E-state index is -0.451. The van der Waals surface area contributed by atoms with Gasteiger partial charge in [0.2, 0.25) is 0 Å².